The lowest BCUT2D eigenvalue weighted by Gasteiger charge is -2.62. The SMILES string of the molecule is CC[C@@H](C)C(=O)[C@@]12C(=O)C3=C(OC(C)(C)C=C3)[C@@](CC=C(C)C)(C[C@H](CC=C(C)C)[C@@]1(C)CCC=C(C)C)C2=O. The molecule has 0 aromatic rings. The molecule has 40 heavy (non-hydrogen) atoms. The molecule has 1 saturated carbocycles. The molecule has 0 N–H and O–H groups in total. The average Bonchev–Trinajstić information content (AvgIpc) is 2.85. The van der Waals surface area contributed by atoms with Crippen molar-refractivity contribution in [1.29, 1.82) is 0 Å². The number of hydrogen-bond donors (Lipinski definition) is 0. The van der Waals surface area contributed by atoms with Gasteiger partial charge in [-0.15, -0.1) is 0 Å². The van der Waals surface area contributed by atoms with Gasteiger partial charge in [-0.2, -0.15) is 0 Å². The third-order valence-electron chi connectivity index (χ3n) is 9.72. The van der Waals surface area contributed by atoms with E-state index in [1.807, 2.05) is 53.7 Å². The van der Waals surface area contributed by atoms with E-state index in [0.29, 0.717) is 49.9 Å². The van der Waals surface area contributed by atoms with E-state index < -0.39 is 27.8 Å². The second kappa shape index (κ2) is 11.4. The van der Waals surface area contributed by atoms with Crippen LogP contribution in [0.25, 0.3) is 0 Å². The number of Topliss-reactive ketones (excluding diaryl/α,β-unsaturated/α-hetero) is 3. The van der Waals surface area contributed by atoms with Gasteiger partial charge in [0.15, 0.2) is 22.8 Å². The van der Waals surface area contributed by atoms with E-state index in [4.69, 9.17) is 4.74 Å². The number of ether oxygens (including phenoxy) is 1. The number of ketones is 3. The molecule has 0 spiro atoms. The zero-order chi connectivity index (χ0) is 30.3. The van der Waals surface area contributed by atoms with Gasteiger partial charge in [-0.05, 0) is 117 Å². The fourth-order valence-corrected chi connectivity index (χ4v) is 7.15. The molecule has 5 atom stereocenters. The summed E-state index contributed by atoms with van der Waals surface area (Å²) in [6.07, 6.45) is 13.8. The van der Waals surface area contributed by atoms with Gasteiger partial charge >= 0.3 is 0 Å². The monoisotopic (exact) mass is 548 g/mol. The minimum absolute atomic E-state index is 0.0557. The first-order valence-electron chi connectivity index (χ1n) is 15.2. The quantitative estimate of drug-likeness (QED) is 0.202. The Hall–Kier alpha value is -2.49. The number of rotatable bonds is 10. The molecule has 0 amide bonds. The van der Waals surface area contributed by atoms with Crippen molar-refractivity contribution in [1.82, 2.24) is 0 Å². The van der Waals surface area contributed by atoms with Gasteiger partial charge in [0.2, 0.25) is 0 Å². The highest BCUT2D eigenvalue weighted by Crippen LogP contribution is 2.68. The summed E-state index contributed by atoms with van der Waals surface area (Å²) in [6, 6.07) is 0. The Kier molecular flexibility index (Phi) is 9.14. The third kappa shape index (κ3) is 5.16. The van der Waals surface area contributed by atoms with Crippen LogP contribution < -0.4 is 0 Å². The van der Waals surface area contributed by atoms with Crippen LogP contribution in [-0.4, -0.2) is 23.0 Å². The van der Waals surface area contributed by atoms with Crippen molar-refractivity contribution in [2.24, 2.45) is 28.1 Å². The Morgan fingerprint density at radius 2 is 1.60 bits per heavy atom. The normalized spacial score (nSPS) is 31.1. The van der Waals surface area contributed by atoms with E-state index in [-0.39, 0.29) is 23.3 Å². The zero-order valence-electron chi connectivity index (χ0n) is 26.9. The van der Waals surface area contributed by atoms with Crippen molar-refractivity contribution >= 4 is 17.3 Å². The summed E-state index contributed by atoms with van der Waals surface area (Å²) >= 11 is 0. The minimum atomic E-state index is -1.75. The van der Waals surface area contributed by atoms with Gasteiger partial charge in [0.05, 0.1) is 11.0 Å². The molecule has 1 heterocycles. The van der Waals surface area contributed by atoms with Crippen LogP contribution in [0, 0.1) is 28.1 Å². The predicted molar refractivity (Wildman–Crippen MR) is 164 cm³/mol. The summed E-state index contributed by atoms with van der Waals surface area (Å²) in [4.78, 5) is 45.1. The van der Waals surface area contributed by atoms with Crippen molar-refractivity contribution in [3.63, 3.8) is 0 Å². The predicted octanol–water partition coefficient (Wildman–Crippen LogP) is 8.83. The lowest BCUT2D eigenvalue weighted by atomic mass is 9.37. The smallest absolute Gasteiger partial charge is 0.187 e. The van der Waals surface area contributed by atoms with E-state index in [9.17, 15) is 9.59 Å². The van der Waals surface area contributed by atoms with Gasteiger partial charge in [0.1, 0.15) is 11.4 Å². The highest BCUT2D eigenvalue weighted by atomic mass is 16.5. The molecule has 0 unspecified atom stereocenters. The fraction of sp³-hybridized carbons (Fsp3) is 0.639. The summed E-state index contributed by atoms with van der Waals surface area (Å²) in [5, 5.41) is 0. The second-order valence-electron chi connectivity index (χ2n) is 14.1. The molecule has 3 rings (SSSR count). The largest absolute Gasteiger partial charge is 0.486 e. The Labute approximate surface area is 243 Å². The van der Waals surface area contributed by atoms with Crippen molar-refractivity contribution in [3.8, 4) is 0 Å². The Balaban J connectivity index is 2.49. The maximum atomic E-state index is 15.4. The van der Waals surface area contributed by atoms with Crippen molar-refractivity contribution < 1.29 is 19.1 Å². The topological polar surface area (TPSA) is 60.4 Å². The highest BCUT2D eigenvalue weighted by molar-refractivity contribution is 6.34. The van der Waals surface area contributed by atoms with Crippen LogP contribution in [0.3, 0.4) is 0 Å². The molecule has 2 bridgehead atoms. The fourth-order valence-electron chi connectivity index (χ4n) is 7.15. The van der Waals surface area contributed by atoms with Crippen molar-refractivity contribution in [3.05, 3.63) is 58.4 Å². The van der Waals surface area contributed by atoms with E-state index >= 15 is 4.79 Å². The molecule has 1 aliphatic heterocycles. The number of carbonyl (C=O) groups excluding carboxylic acids is 3. The summed E-state index contributed by atoms with van der Waals surface area (Å²) in [7, 11) is 0. The molecule has 2 aliphatic carbocycles. The van der Waals surface area contributed by atoms with Gasteiger partial charge < -0.3 is 4.74 Å². The zero-order valence-corrected chi connectivity index (χ0v) is 26.9. The molecule has 0 aromatic heterocycles. The van der Waals surface area contributed by atoms with Crippen molar-refractivity contribution in [2.75, 3.05) is 0 Å². The molecule has 4 heteroatoms. The van der Waals surface area contributed by atoms with E-state index in [1.54, 1.807) is 0 Å². The first-order valence-corrected chi connectivity index (χ1v) is 15.2. The van der Waals surface area contributed by atoms with E-state index in [1.165, 1.54) is 11.1 Å². The van der Waals surface area contributed by atoms with E-state index in [2.05, 4.69) is 52.8 Å². The van der Waals surface area contributed by atoms with Crippen LogP contribution in [-0.2, 0) is 19.1 Å². The lowest BCUT2D eigenvalue weighted by molar-refractivity contribution is -0.182. The molecule has 3 aliphatic rings. The van der Waals surface area contributed by atoms with Crippen LogP contribution >= 0.6 is 0 Å². The first-order chi connectivity index (χ1) is 18.5. The summed E-state index contributed by atoms with van der Waals surface area (Å²) in [5.74, 6) is -0.776. The number of allylic oxidation sites excluding steroid dienone is 9. The number of fused-ring (bicyclic) bond motifs is 3. The third-order valence-corrected chi connectivity index (χ3v) is 9.72. The van der Waals surface area contributed by atoms with Crippen molar-refractivity contribution in [2.45, 2.75) is 120 Å². The number of hydrogen-bond acceptors (Lipinski definition) is 4. The van der Waals surface area contributed by atoms with Gasteiger partial charge in [-0.25, -0.2) is 0 Å². The minimum Gasteiger partial charge on any atom is -0.486 e. The van der Waals surface area contributed by atoms with Gasteiger partial charge in [0, 0.05) is 5.92 Å². The summed E-state index contributed by atoms with van der Waals surface area (Å²) in [6.45, 7) is 22.2. The highest BCUT2D eigenvalue weighted by Gasteiger charge is 2.76. The van der Waals surface area contributed by atoms with Gasteiger partial charge in [-0.1, -0.05) is 55.7 Å². The van der Waals surface area contributed by atoms with Gasteiger partial charge in [-0.3, -0.25) is 14.4 Å². The Bertz CT molecular complexity index is 1210. The average molecular weight is 549 g/mol. The van der Waals surface area contributed by atoms with Crippen LogP contribution in [0.4, 0.5) is 0 Å². The first kappa shape index (κ1) is 32.0. The standard InChI is InChI=1S/C36H52O4/c1-12-26(8)29(37)36-30(38)28-18-20-33(9,10)40-31(28)35(32(36)39,21-17-25(6)7)22-27(16-15-24(4)5)34(36,11)19-13-14-23(2)3/h14-15,17-18,20,26-27H,12-13,16,19,21-22H2,1-11H3/t26-,27+,34-,35-,36+/m1/s1. The summed E-state index contributed by atoms with van der Waals surface area (Å²) < 4.78 is 6.59. The maximum absolute atomic E-state index is 15.4. The van der Waals surface area contributed by atoms with Gasteiger partial charge in [0.25, 0.3) is 0 Å². The van der Waals surface area contributed by atoms with Crippen LogP contribution in [0.2, 0.25) is 0 Å². The Morgan fingerprint density at radius 1 is 1.00 bits per heavy atom. The number of carbonyl (C=O) groups is 3. The van der Waals surface area contributed by atoms with E-state index in [0.717, 1.165) is 5.57 Å². The summed E-state index contributed by atoms with van der Waals surface area (Å²) in [5.41, 5.74) is -0.404. The molecule has 4 nitrogen and oxygen atoms in total. The van der Waals surface area contributed by atoms with Crippen LogP contribution in [0.15, 0.2) is 58.4 Å². The molecule has 1 fully saturated rings. The lowest BCUT2D eigenvalue weighted by Crippen LogP contribution is -2.71. The maximum Gasteiger partial charge on any atom is 0.187 e. The molecular weight excluding hydrogens is 496 g/mol. The Morgan fingerprint density at radius 3 is 2.15 bits per heavy atom. The van der Waals surface area contributed by atoms with Crippen LogP contribution in [0.1, 0.15) is 115 Å². The molecule has 0 radical (unpaired) electrons. The molecule has 0 aromatic carbocycles. The molecule has 0 saturated heterocycles. The second-order valence-corrected chi connectivity index (χ2v) is 14.1. The molecular formula is C36H52O4. The van der Waals surface area contributed by atoms with Crippen LogP contribution in [0.5, 0.6) is 0 Å². The molecule has 220 valence electrons.